The van der Waals surface area contributed by atoms with Crippen LogP contribution in [0.15, 0.2) is 0 Å². The third-order valence-electron chi connectivity index (χ3n) is 9.92. The molecule has 50 heavy (non-hydrogen) atoms. The van der Waals surface area contributed by atoms with E-state index in [1.54, 1.807) is 0 Å². The smallest absolute Gasteiger partial charge is 0.305 e. The molecule has 5 heteroatoms. The topological polar surface area (TPSA) is 76.0 Å². The van der Waals surface area contributed by atoms with Crippen LogP contribution in [0.5, 0.6) is 0 Å². The van der Waals surface area contributed by atoms with E-state index in [2.05, 4.69) is 20.8 Å². The Balaban J connectivity index is 0. The maximum absolute atomic E-state index is 11.4. The molecule has 0 aliphatic carbocycles. The van der Waals surface area contributed by atoms with Crippen LogP contribution in [-0.4, -0.2) is 48.7 Å². The summed E-state index contributed by atoms with van der Waals surface area (Å²) in [7, 11) is 0. The minimum atomic E-state index is -0.954. The molecular formula is C45H92O5. The fourth-order valence-electron chi connectivity index (χ4n) is 6.44. The molecule has 1 unspecified atom stereocenters. The number of unbranched alkanes of at least 4 members (excludes halogenated alkanes) is 32. The summed E-state index contributed by atoms with van der Waals surface area (Å²) in [5.74, 6) is -0.276. The van der Waals surface area contributed by atoms with Crippen molar-refractivity contribution in [1.82, 2.24) is 0 Å². The van der Waals surface area contributed by atoms with Gasteiger partial charge in [-0.15, -0.1) is 0 Å². The van der Waals surface area contributed by atoms with Crippen molar-refractivity contribution in [1.29, 1.82) is 0 Å². The van der Waals surface area contributed by atoms with Gasteiger partial charge in [0.1, 0.15) is 12.7 Å². The zero-order valence-electron chi connectivity index (χ0n) is 34.5. The fourth-order valence-corrected chi connectivity index (χ4v) is 6.44. The zero-order chi connectivity index (χ0) is 36.9. The Morgan fingerprint density at radius 3 is 0.960 bits per heavy atom. The molecule has 0 saturated carbocycles. The lowest BCUT2D eigenvalue weighted by Crippen LogP contribution is -2.21. The highest BCUT2D eigenvalue weighted by Gasteiger charge is 2.07. The summed E-state index contributed by atoms with van der Waals surface area (Å²) in [5, 5.41) is 17.7. The van der Waals surface area contributed by atoms with Crippen molar-refractivity contribution in [2.24, 2.45) is 0 Å². The Kier molecular flexibility index (Phi) is 49.8. The van der Waals surface area contributed by atoms with Gasteiger partial charge in [0, 0.05) is 19.6 Å². The number of hydrogen-bond donors (Lipinski definition) is 2. The van der Waals surface area contributed by atoms with E-state index in [0.717, 1.165) is 26.1 Å². The van der Waals surface area contributed by atoms with Crippen LogP contribution in [0.4, 0.5) is 0 Å². The first kappa shape index (κ1) is 51.5. The van der Waals surface area contributed by atoms with E-state index in [4.69, 9.17) is 19.7 Å². The molecule has 0 rings (SSSR count). The second-order valence-electron chi connectivity index (χ2n) is 15.2. The molecule has 302 valence electrons. The third kappa shape index (κ3) is 49.5. The van der Waals surface area contributed by atoms with Crippen molar-refractivity contribution in [2.45, 2.75) is 258 Å². The molecule has 0 aromatic rings. The van der Waals surface area contributed by atoms with Gasteiger partial charge in [-0.1, -0.05) is 226 Å². The van der Waals surface area contributed by atoms with E-state index in [0.29, 0.717) is 6.42 Å². The fraction of sp³-hybridized carbons (Fsp3) is 0.978. The van der Waals surface area contributed by atoms with E-state index in [1.165, 1.54) is 212 Å². The first-order chi connectivity index (χ1) is 24.6. The Hall–Kier alpha value is -0.650. The van der Waals surface area contributed by atoms with Gasteiger partial charge in [0.05, 0.1) is 6.61 Å². The number of aliphatic hydroxyl groups is 2. The summed E-state index contributed by atoms with van der Waals surface area (Å²) >= 11 is 0. The van der Waals surface area contributed by atoms with Gasteiger partial charge in [0.15, 0.2) is 0 Å². The number of rotatable bonds is 41. The number of esters is 1. The van der Waals surface area contributed by atoms with Gasteiger partial charge in [0.25, 0.3) is 0 Å². The first-order valence-electron chi connectivity index (χ1n) is 22.6. The average Bonchev–Trinajstić information content (AvgIpc) is 3.13. The zero-order valence-corrected chi connectivity index (χ0v) is 34.5. The predicted molar refractivity (Wildman–Crippen MR) is 218 cm³/mol. The number of hydrogen-bond acceptors (Lipinski definition) is 5. The first-order valence-corrected chi connectivity index (χ1v) is 22.6. The summed E-state index contributed by atoms with van der Waals surface area (Å²) in [6, 6.07) is 0. The maximum atomic E-state index is 11.4. The predicted octanol–water partition coefficient (Wildman–Crippen LogP) is 14.0. The second kappa shape index (κ2) is 48.3. The summed E-state index contributed by atoms with van der Waals surface area (Å²) in [5.41, 5.74) is 0. The lowest BCUT2D eigenvalue weighted by atomic mass is 10.0. The monoisotopic (exact) mass is 713 g/mol. The molecule has 0 radical (unpaired) electrons. The van der Waals surface area contributed by atoms with E-state index < -0.39 is 6.10 Å². The van der Waals surface area contributed by atoms with Crippen molar-refractivity contribution < 1.29 is 24.5 Å². The lowest BCUT2D eigenvalue weighted by Gasteiger charge is -2.08. The molecule has 5 nitrogen and oxygen atoms in total. The van der Waals surface area contributed by atoms with Crippen molar-refractivity contribution in [2.75, 3.05) is 26.4 Å². The molecule has 0 aliphatic rings. The van der Waals surface area contributed by atoms with Crippen molar-refractivity contribution in [3.05, 3.63) is 0 Å². The van der Waals surface area contributed by atoms with Gasteiger partial charge in [-0.25, -0.2) is 0 Å². The van der Waals surface area contributed by atoms with Crippen molar-refractivity contribution in [3.8, 4) is 0 Å². The highest BCUT2D eigenvalue weighted by molar-refractivity contribution is 5.69. The van der Waals surface area contributed by atoms with E-state index in [1.807, 2.05) is 0 Å². The van der Waals surface area contributed by atoms with Gasteiger partial charge in [-0.05, 0) is 19.3 Å². The van der Waals surface area contributed by atoms with Crippen LogP contribution in [0.25, 0.3) is 0 Å². The number of aliphatic hydroxyl groups excluding tert-OH is 2. The molecule has 0 spiro atoms. The van der Waals surface area contributed by atoms with Crippen LogP contribution in [0, 0.1) is 0 Å². The van der Waals surface area contributed by atoms with Gasteiger partial charge < -0.3 is 19.7 Å². The minimum absolute atomic E-state index is 0.103. The van der Waals surface area contributed by atoms with E-state index in [9.17, 15) is 4.79 Å². The Morgan fingerprint density at radius 1 is 0.420 bits per heavy atom. The van der Waals surface area contributed by atoms with Crippen LogP contribution < -0.4 is 0 Å². The molecule has 0 heterocycles. The summed E-state index contributed by atoms with van der Waals surface area (Å²) in [4.78, 5) is 11.4. The highest BCUT2D eigenvalue weighted by atomic mass is 16.5. The summed E-state index contributed by atoms with van der Waals surface area (Å²) < 4.78 is 10.6. The van der Waals surface area contributed by atoms with Gasteiger partial charge in [0.2, 0.25) is 0 Å². The molecule has 0 saturated heterocycles. The quantitative estimate of drug-likeness (QED) is 0.0487. The lowest BCUT2D eigenvalue weighted by molar-refractivity contribution is -0.147. The minimum Gasteiger partial charge on any atom is -0.463 e. The van der Waals surface area contributed by atoms with Gasteiger partial charge >= 0.3 is 5.97 Å². The number of carbonyl (C=O) groups is 1. The molecule has 0 fully saturated rings. The molecule has 0 bridgehead atoms. The van der Waals surface area contributed by atoms with Crippen molar-refractivity contribution >= 4 is 5.97 Å². The van der Waals surface area contributed by atoms with Crippen LogP contribution in [0.1, 0.15) is 252 Å². The van der Waals surface area contributed by atoms with Crippen molar-refractivity contribution in [3.63, 3.8) is 0 Å². The maximum Gasteiger partial charge on any atom is 0.305 e. The summed E-state index contributed by atoms with van der Waals surface area (Å²) in [6.07, 6.45) is 47.2. The van der Waals surface area contributed by atoms with E-state index in [-0.39, 0.29) is 19.2 Å². The molecule has 1 atom stereocenters. The molecule has 2 N–H and O–H groups in total. The molecule has 0 aliphatic heterocycles. The van der Waals surface area contributed by atoms with Crippen LogP contribution in [0.2, 0.25) is 0 Å². The Morgan fingerprint density at radius 2 is 0.680 bits per heavy atom. The molecule has 0 aromatic carbocycles. The average molecular weight is 713 g/mol. The SMILES string of the molecule is CCCCCCCCCCCCCCCCCC(=O)OCC(O)CO.CCCCCCCCCCCCOCCCCCCCCCCCC. The number of ether oxygens (including phenoxy) is 2. The van der Waals surface area contributed by atoms with Gasteiger partial charge in [-0.2, -0.15) is 0 Å². The molecule has 0 aromatic heterocycles. The largest absolute Gasteiger partial charge is 0.463 e. The van der Waals surface area contributed by atoms with Crippen LogP contribution in [-0.2, 0) is 14.3 Å². The number of carbonyl (C=O) groups excluding carboxylic acids is 1. The summed E-state index contributed by atoms with van der Waals surface area (Å²) in [6.45, 7) is 8.36. The standard InChI is InChI=1S/C24H50O.C21H42O4/c1-3-5-7-9-11-13-15-17-19-21-23-25-24-22-20-18-16-14-12-10-8-6-4-2;1-2-3-4-5-6-7-8-9-10-11-12-13-14-15-16-17-21(24)25-19-20(23)18-22/h3-24H2,1-2H3;20,22-23H,2-19H2,1H3. The Bertz CT molecular complexity index is 576. The van der Waals surface area contributed by atoms with E-state index >= 15 is 0 Å². The van der Waals surface area contributed by atoms with Gasteiger partial charge in [-0.3, -0.25) is 4.79 Å². The van der Waals surface area contributed by atoms with Crippen LogP contribution >= 0.6 is 0 Å². The highest BCUT2D eigenvalue weighted by Crippen LogP contribution is 2.15. The molecule has 0 amide bonds. The Labute approximate surface area is 314 Å². The third-order valence-corrected chi connectivity index (χ3v) is 9.92. The van der Waals surface area contributed by atoms with Crippen LogP contribution in [0.3, 0.4) is 0 Å². The normalized spacial score (nSPS) is 11.8. The second-order valence-corrected chi connectivity index (χ2v) is 15.2. The molecular weight excluding hydrogens is 620 g/mol.